The highest BCUT2D eigenvalue weighted by Gasteiger charge is 2.29. The Morgan fingerprint density at radius 3 is 2.60 bits per heavy atom. The van der Waals surface area contributed by atoms with Crippen LogP contribution in [0, 0.1) is 5.92 Å². The quantitative estimate of drug-likeness (QED) is 0.563. The molecule has 156 valence electrons. The summed E-state index contributed by atoms with van der Waals surface area (Å²) < 4.78 is 0. The van der Waals surface area contributed by atoms with Gasteiger partial charge >= 0.3 is 0 Å². The van der Waals surface area contributed by atoms with Crippen molar-refractivity contribution in [1.29, 1.82) is 0 Å². The second-order valence-corrected chi connectivity index (χ2v) is 8.44. The molecule has 3 N–H and O–H groups in total. The van der Waals surface area contributed by atoms with Crippen molar-refractivity contribution < 1.29 is 9.90 Å². The highest BCUT2D eigenvalue weighted by atomic mass is 32.2. The van der Waals surface area contributed by atoms with E-state index in [1.165, 1.54) is 17.3 Å². The molecule has 8 nitrogen and oxygen atoms in total. The number of benzene rings is 1. The summed E-state index contributed by atoms with van der Waals surface area (Å²) in [5.41, 5.74) is 2.20. The molecule has 2 aromatic rings. The highest BCUT2D eigenvalue weighted by Crippen LogP contribution is 2.31. The number of Topliss-reactive ketones (excluding diaryl/α,β-unsaturated/α-hetero) is 1. The molecule has 0 amide bonds. The molecule has 0 spiro atoms. The van der Waals surface area contributed by atoms with E-state index < -0.39 is 0 Å². The fourth-order valence-corrected chi connectivity index (χ4v) is 3.71. The summed E-state index contributed by atoms with van der Waals surface area (Å²) >= 11 is 1.41. The number of hydrogen-bond acceptors (Lipinski definition) is 9. The minimum absolute atomic E-state index is 0.0212. The van der Waals surface area contributed by atoms with E-state index in [1.807, 2.05) is 37.3 Å². The smallest absolute Gasteiger partial charge is 0.234 e. The summed E-state index contributed by atoms with van der Waals surface area (Å²) in [7, 11) is 0. The van der Waals surface area contributed by atoms with Gasteiger partial charge in [-0.1, -0.05) is 12.1 Å². The van der Waals surface area contributed by atoms with E-state index in [0.717, 1.165) is 23.3 Å². The van der Waals surface area contributed by atoms with Gasteiger partial charge in [-0.3, -0.25) is 9.79 Å². The van der Waals surface area contributed by atoms with E-state index in [9.17, 15) is 4.79 Å². The van der Waals surface area contributed by atoms with Crippen molar-refractivity contribution in [3.05, 3.63) is 41.5 Å². The average molecular weight is 425 g/mol. The number of aliphatic imine (C=N–C) groups is 1. The Hall–Kier alpha value is -2.78. The maximum Gasteiger partial charge on any atom is 0.234 e. The number of rotatable bonds is 9. The summed E-state index contributed by atoms with van der Waals surface area (Å²) in [4.78, 5) is 30.6. The van der Waals surface area contributed by atoms with Gasteiger partial charge in [0.15, 0.2) is 5.16 Å². The van der Waals surface area contributed by atoms with Crippen LogP contribution < -0.4 is 10.6 Å². The lowest BCUT2D eigenvalue weighted by atomic mass is 10.1. The zero-order chi connectivity index (χ0) is 20.9. The van der Waals surface area contributed by atoms with Gasteiger partial charge in [0, 0.05) is 23.8 Å². The number of carbonyl (C=O) groups excluding carboxylic acids is 1. The van der Waals surface area contributed by atoms with Crippen LogP contribution in [0.25, 0.3) is 0 Å². The predicted molar refractivity (Wildman–Crippen MR) is 117 cm³/mol. The average Bonchev–Trinajstić information content (AvgIpc) is 3.51. The van der Waals surface area contributed by atoms with E-state index >= 15 is 0 Å². The van der Waals surface area contributed by atoms with Crippen LogP contribution in [0.15, 0.2) is 51.0 Å². The monoisotopic (exact) mass is 424 g/mol. The summed E-state index contributed by atoms with van der Waals surface area (Å²) in [6.45, 7) is 3.01. The number of ketones is 1. The van der Waals surface area contributed by atoms with Gasteiger partial charge < -0.3 is 15.7 Å². The molecule has 9 heteroatoms. The summed E-state index contributed by atoms with van der Waals surface area (Å²) in [6.07, 6.45) is 4.53. The molecule has 0 unspecified atom stereocenters. The minimum Gasteiger partial charge on any atom is -0.395 e. The van der Waals surface area contributed by atoms with Crippen LogP contribution in [0.2, 0.25) is 0 Å². The van der Waals surface area contributed by atoms with Crippen molar-refractivity contribution in [3.63, 3.8) is 0 Å². The Bertz CT molecular complexity index is 985. The van der Waals surface area contributed by atoms with Gasteiger partial charge in [-0.05, 0) is 60.9 Å². The Morgan fingerprint density at radius 1 is 1.17 bits per heavy atom. The third kappa shape index (κ3) is 5.64. The molecule has 2 aliphatic rings. The first-order valence-electron chi connectivity index (χ1n) is 9.98. The molecule has 1 fully saturated rings. The van der Waals surface area contributed by atoms with E-state index in [4.69, 9.17) is 5.11 Å². The van der Waals surface area contributed by atoms with Crippen molar-refractivity contribution in [2.24, 2.45) is 10.9 Å². The first-order chi connectivity index (χ1) is 14.6. The molecule has 0 saturated heterocycles. The molecule has 30 heavy (non-hydrogen) atoms. The standard InChI is InChI=1S/C21H24N6O2S/c1-13-10-18(23-12-13)24-20-25-19(22-8-9-28)26-21(27-20)30-16-6-2-14(3-7-16)11-17(29)15-4-5-15/h2-3,6-7,10,15,28H,4-5,8-9,11-12H2,1H3,(H2,22,23,24,25,26,27). The lowest BCUT2D eigenvalue weighted by molar-refractivity contribution is -0.119. The molecule has 1 aromatic carbocycles. The van der Waals surface area contributed by atoms with E-state index in [-0.39, 0.29) is 12.5 Å². The van der Waals surface area contributed by atoms with Crippen LogP contribution in [0.5, 0.6) is 0 Å². The second kappa shape index (κ2) is 9.36. The van der Waals surface area contributed by atoms with Crippen LogP contribution in [0.3, 0.4) is 0 Å². The largest absolute Gasteiger partial charge is 0.395 e. The van der Waals surface area contributed by atoms with Crippen LogP contribution in [0.4, 0.5) is 11.9 Å². The van der Waals surface area contributed by atoms with Crippen molar-refractivity contribution in [2.45, 2.75) is 36.2 Å². The zero-order valence-electron chi connectivity index (χ0n) is 16.8. The van der Waals surface area contributed by atoms with Gasteiger partial charge in [0.05, 0.1) is 13.2 Å². The Labute approximate surface area is 179 Å². The Morgan fingerprint density at radius 2 is 1.93 bits per heavy atom. The van der Waals surface area contributed by atoms with Crippen LogP contribution in [-0.2, 0) is 11.2 Å². The third-order valence-electron chi connectivity index (χ3n) is 4.68. The van der Waals surface area contributed by atoms with Crippen molar-refractivity contribution in [2.75, 3.05) is 30.3 Å². The second-order valence-electron chi connectivity index (χ2n) is 7.40. The van der Waals surface area contributed by atoms with E-state index in [2.05, 4.69) is 30.6 Å². The zero-order valence-corrected chi connectivity index (χ0v) is 17.6. The van der Waals surface area contributed by atoms with Crippen LogP contribution >= 0.6 is 11.8 Å². The fourth-order valence-electron chi connectivity index (χ4n) is 2.96. The van der Waals surface area contributed by atoms with Crippen molar-refractivity contribution >= 4 is 35.3 Å². The summed E-state index contributed by atoms with van der Waals surface area (Å²) in [6, 6.07) is 7.92. The number of aliphatic hydroxyl groups excluding tert-OH is 1. The molecular weight excluding hydrogens is 400 g/mol. The lowest BCUT2D eigenvalue weighted by Gasteiger charge is -2.09. The molecule has 1 aromatic heterocycles. The first-order valence-corrected chi connectivity index (χ1v) is 10.8. The molecule has 1 aliphatic heterocycles. The molecule has 2 heterocycles. The Kier molecular flexibility index (Phi) is 6.39. The number of nitrogens with one attached hydrogen (secondary N) is 2. The topological polar surface area (TPSA) is 112 Å². The number of aliphatic hydroxyl groups is 1. The molecule has 0 bridgehead atoms. The minimum atomic E-state index is -0.0212. The third-order valence-corrected chi connectivity index (χ3v) is 5.55. The van der Waals surface area contributed by atoms with Gasteiger partial charge in [-0.15, -0.1) is 0 Å². The van der Waals surface area contributed by atoms with E-state index in [0.29, 0.717) is 48.2 Å². The Balaban J connectivity index is 1.47. The van der Waals surface area contributed by atoms with Gasteiger partial charge in [0.1, 0.15) is 11.6 Å². The number of nitrogens with zero attached hydrogens (tertiary/aromatic N) is 4. The molecule has 4 rings (SSSR count). The van der Waals surface area contributed by atoms with Crippen LogP contribution in [0.1, 0.15) is 25.3 Å². The van der Waals surface area contributed by atoms with Crippen molar-refractivity contribution in [3.8, 4) is 0 Å². The lowest BCUT2D eigenvalue weighted by Crippen LogP contribution is -2.15. The molecular formula is C21H24N6O2S. The fraction of sp³-hybridized carbons (Fsp3) is 0.381. The van der Waals surface area contributed by atoms with Crippen LogP contribution in [-0.4, -0.2) is 51.4 Å². The predicted octanol–water partition coefficient (Wildman–Crippen LogP) is 2.72. The molecule has 0 atom stereocenters. The number of aromatic nitrogens is 3. The summed E-state index contributed by atoms with van der Waals surface area (Å²) in [5.74, 6) is 2.11. The van der Waals surface area contributed by atoms with Gasteiger partial charge in [-0.2, -0.15) is 15.0 Å². The molecule has 1 aliphatic carbocycles. The summed E-state index contributed by atoms with van der Waals surface area (Å²) in [5, 5.41) is 15.7. The highest BCUT2D eigenvalue weighted by molar-refractivity contribution is 7.99. The number of amidine groups is 1. The van der Waals surface area contributed by atoms with E-state index in [1.54, 1.807) is 0 Å². The normalized spacial score (nSPS) is 15.5. The number of hydrogen-bond donors (Lipinski definition) is 3. The number of carbonyl (C=O) groups is 1. The first kappa shape index (κ1) is 20.5. The maximum atomic E-state index is 12.0. The maximum absolute atomic E-state index is 12.0. The molecule has 0 radical (unpaired) electrons. The molecule has 1 saturated carbocycles. The van der Waals surface area contributed by atoms with Gasteiger partial charge in [0.25, 0.3) is 0 Å². The van der Waals surface area contributed by atoms with Gasteiger partial charge in [-0.25, -0.2) is 0 Å². The van der Waals surface area contributed by atoms with Gasteiger partial charge in [0.2, 0.25) is 11.9 Å². The van der Waals surface area contributed by atoms with Crippen molar-refractivity contribution in [1.82, 2.24) is 15.0 Å². The SMILES string of the molecule is CC1=CC(Nc2nc(NCCO)nc(Sc3ccc(CC(=O)C4CC4)cc3)n2)=NC1. The number of anilines is 2.